The summed E-state index contributed by atoms with van der Waals surface area (Å²) in [4.78, 5) is 4.74. The third kappa shape index (κ3) is 6.07. The van der Waals surface area contributed by atoms with Gasteiger partial charge in [0.15, 0.2) is 0 Å². The van der Waals surface area contributed by atoms with Gasteiger partial charge in [-0.25, -0.2) is 0 Å². The Kier molecular flexibility index (Phi) is 8.37. The van der Waals surface area contributed by atoms with Crippen molar-refractivity contribution in [3.8, 4) is 22.3 Å². The first kappa shape index (κ1) is 32.5. The topological polar surface area (TPSA) is 6.48 Å². The van der Waals surface area contributed by atoms with Crippen molar-refractivity contribution in [2.45, 2.75) is 32.1 Å². The van der Waals surface area contributed by atoms with E-state index in [4.69, 9.17) is 0 Å². The number of hydrogen-bond donors (Lipinski definition) is 0. The van der Waals surface area contributed by atoms with Gasteiger partial charge in [0.1, 0.15) is 0 Å². The molecular formula is C51H42N2. The molecule has 0 aliphatic heterocycles. The van der Waals surface area contributed by atoms with Crippen molar-refractivity contribution >= 4 is 39.7 Å². The van der Waals surface area contributed by atoms with Crippen molar-refractivity contribution < 1.29 is 0 Å². The molecule has 0 radical (unpaired) electrons. The fraction of sp³-hybridized carbons (Fsp3) is 0.0980. The molecule has 53 heavy (non-hydrogen) atoms. The van der Waals surface area contributed by atoms with Crippen molar-refractivity contribution in [2.75, 3.05) is 9.80 Å². The van der Waals surface area contributed by atoms with Crippen molar-refractivity contribution in [3.63, 3.8) is 0 Å². The third-order valence-electron chi connectivity index (χ3n) is 10.9. The molecule has 0 N–H and O–H groups in total. The Balaban J connectivity index is 1.11. The Morgan fingerprint density at radius 3 is 1.42 bits per heavy atom. The lowest BCUT2D eigenvalue weighted by atomic mass is 9.80. The second kappa shape index (κ2) is 13.6. The Morgan fingerprint density at radius 1 is 0.377 bits per heavy atom. The van der Waals surface area contributed by atoms with Crippen LogP contribution in [0.4, 0.5) is 34.1 Å². The van der Waals surface area contributed by atoms with Gasteiger partial charge in [-0.3, -0.25) is 0 Å². The molecule has 0 aromatic heterocycles. The zero-order valence-corrected chi connectivity index (χ0v) is 30.3. The number of allylic oxidation sites excluding steroid dienone is 4. The Labute approximate surface area is 313 Å². The van der Waals surface area contributed by atoms with E-state index >= 15 is 0 Å². The molecule has 0 fully saturated rings. The number of rotatable bonds is 8. The van der Waals surface area contributed by atoms with E-state index in [0.717, 1.165) is 46.8 Å². The second-order valence-corrected chi connectivity index (χ2v) is 14.5. The molecule has 0 amide bonds. The largest absolute Gasteiger partial charge is 0.310 e. The van der Waals surface area contributed by atoms with Gasteiger partial charge in [-0.15, -0.1) is 0 Å². The SMILES string of the molecule is CC1(C)C2=CCCC=C2c2ccc(N(c3ccccc3)c3cccc(-c4cccc(N(c5ccccc5)c5ccc(-c6ccccc6)cc5)c4)c3)cc21. The molecule has 0 atom stereocenters. The van der Waals surface area contributed by atoms with E-state index in [2.05, 4.69) is 218 Å². The Bertz CT molecular complexity index is 2460. The summed E-state index contributed by atoms with van der Waals surface area (Å²) in [6, 6.07) is 65.8. The highest BCUT2D eigenvalue weighted by molar-refractivity contribution is 5.92. The zero-order chi connectivity index (χ0) is 35.8. The van der Waals surface area contributed by atoms with Gasteiger partial charge in [0.25, 0.3) is 0 Å². The molecule has 7 aromatic carbocycles. The highest BCUT2D eigenvalue weighted by atomic mass is 15.1. The van der Waals surface area contributed by atoms with Gasteiger partial charge in [0.2, 0.25) is 0 Å². The molecule has 0 saturated heterocycles. The van der Waals surface area contributed by atoms with Crippen molar-refractivity contribution in [1.82, 2.24) is 0 Å². The molecule has 2 nitrogen and oxygen atoms in total. The minimum absolute atomic E-state index is 0.0330. The van der Waals surface area contributed by atoms with E-state index in [1.54, 1.807) is 0 Å². The summed E-state index contributed by atoms with van der Waals surface area (Å²) in [7, 11) is 0. The molecule has 0 saturated carbocycles. The van der Waals surface area contributed by atoms with Crippen molar-refractivity contribution in [2.24, 2.45) is 0 Å². The van der Waals surface area contributed by atoms with Crippen molar-refractivity contribution in [3.05, 3.63) is 211 Å². The van der Waals surface area contributed by atoms with E-state index in [0.29, 0.717) is 0 Å². The molecule has 7 aromatic rings. The minimum atomic E-state index is -0.0330. The van der Waals surface area contributed by atoms with Crippen LogP contribution in [0.3, 0.4) is 0 Å². The number of anilines is 6. The quantitative estimate of drug-likeness (QED) is 0.157. The molecule has 2 heteroatoms. The number of para-hydroxylation sites is 2. The van der Waals surface area contributed by atoms with Crippen LogP contribution in [0.2, 0.25) is 0 Å². The van der Waals surface area contributed by atoms with E-state index in [9.17, 15) is 0 Å². The maximum Gasteiger partial charge on any atom is 0.0467 e. The van der Waals surface area contributed by atoms with Crippen LogP contribution in [0.25, 0.3) is 27.8 Å². The molecule has 2 aliphatic rings. The predicted molar refractivity (Wildman–Crippen MR) is 225 cm³/mol. The molecule has 9 rings (SSSR count). The van der Waals surface area contributed by atoms with Crippen LogP contribution in [0, 0.1) is 0 Å². The summed E-state index contributed by atoms with van der Waals surface area (Å²) < 4.78 is 0. The van der Waals surface area contributed by atoms with E-state index in [1.807, 2.05) is 0 Å². The predicted octanol–water partition coefficient (Wildman–Crippen LogP) is 14.4. The standard InChI is InChI=1S/C51H42N2/c1-51(2)49-27-13-12-26-47(49)48-33-32-46(36-50(48)51)53(42-22-10-5-11-23-42)45-25-15-19-40(35-45)39-18-14-24-44(34-39)52(41-20-8-4-9-21-41)43-30-28-38(29-31-43)37-16-6-3-7-17-37/h3-11,14-36H,12-13H2,1-2H3. The summed E-state index contributed by atoms with van der Waals surface area (Å²) in [6.45, 7) is 4.76. The van der Waals surface area contributed by atoms with Crippen LogP contribution in [-0.2, 0) is 5.41 Å². The monoisotopic (exact) mass is 682 g/mol. The van der Waals surface area contributed by atoms with Crippen molar-refractivity contribution in [1.29, 1.82) is 0 Å². The summed E-state index contributed by atoms with van der Waals surface area (Å²) in [5.41, 5.74) is 17.2. The van der Waals surface area contributed by atoms with Crippen LogP contribution >= 0.6 is 0 Å². The average Bonchev–Trinajstić information content (AvgIpc) is 3.45. The normalized spacial score (nSPS) is 14.1. The van der Waals surface area contributed by atoms with Gasteiger partial charge in [0.05, 0.1) is 0 Å². The lowest BCUT2D eigenvalue weighted by molar-refractivity contribution is 0.654. The van der Waals surface area contributed by atoms with Gasteiger partial charge in [0, 0.05) is 39.5 Å². The van der Waals surface area contributed by atoms with E-state index in [-0.39, 0.29) is 5.41 Å². The lowest BCUT2D eigenvalue weighted by Crippen LogP contribution is -2.17. The molecule has 2 aliphatic carbocycles. The van der Waals surface area contributed by atoms with Crippen LogP contribution < -0.4 is 9.80 Å². The average molecular weight is 683 g/mol. The summed E-state index contributed by atoms with van der Waals surface area (Å²) in [5.74, 6) is 0. The Morgan fingerprint density at radius 2 is 0.811 bits per heavy atom. The molecular weight excluding hydrogens is 641 g/mol. The molecule has 256 valence electrons. The number of nitrogens with zero attached hydrogens (tertiary/aromatic N) is 2. The third-order valence-corrected chi connectivity index (χ3v) is 10.9. The molecule has 0 unspecified atom stereocenters. The first-order valence-corrected chi connectivity index (χ1v) is 18.7. The van der Waals surface area contributed by atoms with E-state index in [1.165, 1.54) is 44.7 Å². The van der Waals surface area contributed by atoms with Crippen LogP contribution in [-0.4, -0.2) is 0 Å². The van der Waals surface area contributed by atoms with Crippen LogP contribution in [0.5, 0.6) is 0 Å². The van der Waals surface area contributed by atoms with E-state index < -0.39 is 0 Å². The smallest absolute Gasteiger partial charge is 0.0467 e. The number of hydrogen-bond acceptors (Lipinski definition) is 2. The minimum Gasteiger partial charge on any atom is -0.310 e. The lowest BCUT2D eigenvalue weighted by Gasteiger charge is -2.28. The highest BCUT2D eigenvalue weighted by Gasteiger charge is 2.39. The van der Waals surface area contributed by atoms with Gasteiger partial charge < -0.3 is 9.80 Å². The van der Waals surface area contributed by atoms with Gasteiger partial charge in [-0.1, -0.05) is 135 Å². The summed E-state index contributed by atoms with van der Waals surface area (Å²) >= 11 is 0. The molecule has 0 heterocycles. The first-order chi connectivity index (χ1) is 26.0. The van der Waals surface area contributed by atoms with Gasteiger partial charge in [-0.2, -0.15) is 0 Å². The maximum atomic E-state index is 2.46. The summed E-state index contributed by atoms with van der Waals surface area (Å²) in [6.07, 6.45) is 7.13. The number of benzene rings is 7. The Hall–Kier alpha value is -6.38. The fourth-order valence-electron chi connectivity index (χ4n) is 8.22. The molecule has 0 bridgehead atoms. The van der Waals surface area contributed by atoms with Crippen LogP contribution in [0.15, 0.2) is 200 Å². The fourth-order valence-corrected chi connectivity index (χ4v) is 8.22. The zero-order valence-electron chi connectivity index (χ0n) is 30.3. The maximum absolute atomic E-state index is 2.46. The second-order valence-electron chi connectivity index (χ2n) is 14.5. The van der Waals surface area contributed by atoms with Gasteiger partial charge >= 0.3 is 0 Å². The molecule has 0 spiro atoms. The highest BCUT2D eigenvalue weighted by Crippen LogP contribution is 2.53. The first-order valence-electron chi connectivity index (χ1n) is 18.7. The number of fused-ring (bicyclic) bond motifs is 3. The summed E-state index contributed by atoms with van der Waals surface area (Å²) in [5, 5.41) is 0. The van der Waals surface area contributed by atoms with Gasteiger partial charge in [-0.05, 0) is 130 Å². The van der Waals surface area contributed by atoms with Crippen LogP contribution in [0.1, 0.15) is 37.8 Å².